The average Bonchev–Trinajstić information content (AvgIpc) is 3.06. The molecule has 6 nitrogen and oxygen atoms in total. The van der Waals surface area contributed by atoms with Crippen molar-refractivity contribution in [1.29, 1.82) is 0 Å². The fourth-order valence-electron chi connectivity index (χ4n) is 4.25. The van der Waals surface area contributed by atoms with Crippen LogP contribution in [0.15, 0.2) is 23.3 Å². The van der Waals surface area contributed by atoms with Crippen LogP contribution in [0.5, 0.6) is 0 Å². The number of nitrogens with zero attached hydrogens (tertiary/aromatic N) is 3. The summed E-state index contributed by atoms with van der Waals surface area (Å²) in [7, 11) is 2.00. The third kappa shape index (κ3) is 3.01. The Balaban J connectivity index is 1.62. The van der Waals surface area contributed by atoms with Gasteiger partial charge in [0.2, 0.25) is 5.56 Å². The number of piperidine rings is 1. The van der Waals surface area contributed by atoms with Crippen molar-refractivity contribution in [3.8, 4) is 0 Å². The van der Waals surface area contributed by atoms with E-state index in [2.05, 4.69) is 9.97 Å². The Labute approximate surface area is 146 Å². The van der Waals surface area contributed by atoms with Gasteiger partial charge in [0.25, 0.3) is 5.91 Å². The number of aromatic amines is 1. The van der Waals surface area contributed by atoms with Crippen molar-refractivity contribution in [3.05, 3.63) is 51.5 Å². The van der Waals surface area contributed by atoms with Crippen LogP contribution in [0.4, 0.5) is 0 Å². The average molecular weight is 340 g/mol. The number of nitrogens with one attached hydrogen (secondary N) is 1. The minimum Gasteiger partial charge on any atom is -0.338 e. The van der Waals surface area contributed by atoms with Crippen molar-refractivity contribution < 1.29 is 4.79 Å². The third-order valence-electron chi connectivity index (χ3n) is 5.51. The maximum atomic E-state index is 13.2. The van der Waals surface area contributed by atoms with Crippen LogP contribution in [0.2, 0.25) is 0 Å². The number of aromatic nitrogens is 3. The Bertz CT molecular complexity index is 851. The van der Waals surface area contributed by atoms with Gasteiger partial charge in [-0.25, -0.2) is 4.98 Å². The molecule has 0 radical (unpaired) electrons. The second-order valence-corrected chi connectivity index (χ2v) is 7.20. The lowest BCUT2D eigenvalue weighted by molar-refractivity contribution is 0.0701. The Hall–Kier alpha value is -2.37. The number of aryl methyl sites for hydroxylation is 2. The van der Waals surface area contributed by atoms with E-state index >= 15 is 0 Å². The third-order valence-corrected chi connectivity index (χ3v) is 5.51. The minimum atomic E-state index is -0.165. The normalized spacial score (nSPS) is 20.4. The van der Waals surface area contributed by atoms with Gasteiger partial charge >= 0.3 is 0 Å². The summed E-state index contributed by atoms with van der Waals surface area (Å²) in [6, 6.07) is 1.50. The second-order valence-electron chi connectivity index (χ2n) is 7.20. The van der Waals surface area contributed by atoms with Crippen molar-refractivity contribution in [2.45, 2.75) is 44.4 Å². The first-order chi connectivity index (χ1) is 12.1. The SMILES string of the molecule is Cn1ccnc1C1CCCN(C(=O)c2cc(=O)[nH]c3c2CCCC3)C1. The van der Waals surface area contributed by atoms with E-state index in [1.807, 2.05) is 28.9 Å². The molecular weight excluding hydrogens is 316 g/mol. The highest BCUT2D eigenvalue weighted by Crippen LogP contribution is 2.28. The molecule has 132 valence electrons. The molecule has 1 unspecified atom stereocenters. The minimum absolute atomic E-state index is 0.00293. The van der Waals surface area contributed by atoms with Crippen LogP contribution in [0.1, 0.15) is 59.0 Å². The van der Waals surface area contributed by atoms with Gasteiger partial charge < -0.3 is 14.5 Å². The zero-order valence-electron chi connectivity index (χ0n) is 14.6. The van der Waals surface area contributed by atoms with E-state index in [9.17, 15) is 9.59 Å². The summed E-state index contributed by atoms with van der Waals surface area (Å²) in [4.78, 5) is 34.5. The number of pyridine rings is 1. The van der Waals surface area contributed by atoms with Crippen molar-refractivity contribution in [1.82, 2.24) is 19.4 Å². The van der Waals surface area contributed by atoms with Crippen molar-refractivity contribution in [2.75, 3.05) is 13.1 Å². The lowest BCUT2D eigenvalue weighted by Gasteiger charge is -2.33. The van der Waals surface area contributed by atoms with Crippen LogP contribution >= 0.6 is 0 Å². The van der Waals surface area contributed by atoms with Gasteiger partial charge in [-0.3, -0.25) is 9.59 Å². The van der Waals surface area contributed by atoms with Crippen molar-refractivity contribution >= 4 is 5.91 Å². The van der Waals surface area contributed by atoms with Crippen LogP contribution in [0.3, 0.4) is 0 Å². The highest BCUT2D eigenvalue weighted by molar-refractivity contribution is 5.96. The molecule has 1 saturated heterocycles. The molecule has 1 fully saturated rings. The second kappa shape index (κ2) is 6.50. The van der Waals surface area contributed by atoms with Crippen LogP contribution < -0.4 is 5.56 Å². The Morgan fingerprint density at radius 2 is 2.12 bits per heavy atom. The molecule has 0 bridgehead atoms. The van der Waals surface area contributed by atoms with Crippen molar-refractivity contribution in [2.24, 2.45) is 7.05 Å². The molecule has 0 saturated carbocycles. The van der Waals surface area contributed by atoms with Crippen molar-refractivity contribution in [3.63, 3.8) is 0 Å². The van der Waals surface area contributed by atoms with E-state index in [1.165, 1.54) is 6.07 Å². The number of fused-ring (bicyclic) bond motifs is 1. The van der Waals surface area contributed by atoms with Crippen LogP contribution in [0.25, 0.3) is 0 Å². The van der Waals surface area contributed by atoms with E-state index in [0.29, 0.717) is 12.1 Å². The van der Waals surface area contributed by atoms with Crippen LogP contribution in [-0.2, 0) is 19.9 Å². The molecular formula is C19H24N4O2. The maximum absolute atomic E-state index is 13.2. The van der Waals surface area contributed by atoms with E-state index in [1.54, 1.807) is 0 Å². The first-order valence-corrected chi connectivity index (χ1v) is 9.15. The zero-order valence-corrected chi connectivity index (χ0v) is 14.6. The lowest BCUT2D eigenvalue weighted by atomic mass is 9.90. The summed E-state index contributed by atoms with van der Waals surface area (Å²) in [5, 5.41) is 0. The van der Waals surface area contributed by atoms with Gasteiger partial charge in [0.1, 0.15) is 5.82 Å². The molecule has 2 aromatic heterocycles. The van der Waals surface area contributed by atoms with Gasteiger partial charge in [0.15, 0.2) is 0 Å². The molecule has 3 heterocycles. The first-order valence-electron chi connectivity index (χ1n) is 9.15. The van der Waals surface area contributed by atoms with Crippen LogP contribution in [-0.4, -0.2) is 38.4 Å². The van der Waals surface area contributed by atoms with E-state index in [0.717, 1.165) is 62.2 Å². The molecule has 0 aromatic carbocycles. The summed E-state index contributed by atoms with van der Waals surface area (Å²) in [6.45, 7) is 1.42. The molecule has 2 aromatic rings. The van der Waals surface area contributed by atoms with Crippen LogP contribution in [0, 0.1) is 0 Å². The predicted octanol–water partition coefficient (Wildman–Crippen LogP) is 2.01. The van der Waals surface area contributed by atoms with Gasteiger partial charge in [0.05, 0.1) is 0 Å². The van der Waals surface area contributed by atoms with E-state index in [4.69, 9.17) is 0 Å². The lowest BCUT2D eigenvalue weighted by Crippen LogP contribution is -2.40. The molecule has 1 aliphatic heterocycles. The van der Waals surface area contributed by atoms with Gasteiger partial charge in [-0.05, 0) is 44.1 Å². The summed E-state index contributed by atoms with van der Waals surface area (Å²) in [5.41, 5.74) is 2.45. The molecule has 4 rings (SSSR count). The van der Waals surface area contributed by atoms with Gasteiger partial charge in [-0.1, -0.05) is 0 Å². The standard InChI is InChI=1S/C19H24N4O2/c1-22-10-8-20-18(22)13-5-4-9-23(12-13)19(25)15-11-17(24)21-16-7-3-2-6-14(15)16/h8,10-11,13H,2-7,9,12H2,1H3,(H,21,24). The number of H-pyrrole nitrogens is 1. The van der Waals surface area contributed by atoms with Gasteiger partial charge in [0, 0.05) is 55.8 Å². The molecule has 1 aliphatic carbocycles. The summed E-state index contributed by atoms with van der Waals surface area (Å²) in [5.74, 6) is 1.30. The smallest absolute Gasteiger partial charge is 0.254 e. The molecule has 0 spiro atoms. The van der Waals surface area contributed by atoms with E-state index in [-0.39, 0.29) is 17.4 Å². The zero-order chi connectivity index (χ0) is 17.4. The number of carbonyl (C=O) groups excluding carboxylic acids is 1. The molecule has 1 amide bonds. The molecule has 25 heavy (non-hydrogen) atoms. The Morgan fingerprint density at radius 3 is 2.92 bits per heavy atom. The van der Waals surface area contributed by atoms with Gasteiger partial charge in [-0.2, -0.15) is 0 Å². The number of imidazole rings is 1. The topological polar surface area (TPSA) is 71.0 Å². The fraction of sp³-hybridized carbons (Fsp3) is 0.526. The fourth-order valence-corrected chi connectivity index (χ4v) is 4.25. The molecule has 1 atom stereocenters. The van der Waals surface area contributed by atoms with E-state index < -0.39 is 0 Å². The summed E-state index contributed by atoms with van der Waals surface area (Å²) >= 11 is 0. The molecule has 6 heteroatoms. The summed E-state index contributed by atoms with van der Waals surface area (Å²) in [6.07, 6.45) is 9.66. The number of hydrogen-bond acceptors (Lipinski definition) is 3. The summed E-state index contributed by atoms with van der Waals surface area (Å²) < 4.78 is 2.04. The quantitative estimate of drug-likeness (QED) is 0.909. The monoisotopic (exact) mass is 340 g/mol. The number of amides is 1. The Morgan fingerprint density at radius 1 is 1.28 bits per heavy atom. The van der Waals surface area contributed by atoms with Gasteiger partial charge in [-0.15, -0.1) is 0 Å². The highest BCUT2D eigenvalue weighted by Gasteiger charge is 2.29. The first kappa shape index (κ1) is 16.1. The number of hydrogen-bond donors (Lipinski definition) is 1. The number of carbonyl (C=O) groups is 1. The maximum Gasteiger partial charge on any atom is 0.254 e. The predicted molar refractivity (Wildman–Crippen MR) is 94.8 cm³/mol. The highest BCUT2D eigenvalue weighted by atomic mass is 16.2. The Kier molecular flexibility index (Phi) is 4.19. The number of rotatable bonds is 2. The largest absolute Gasteiger partial charge is 0.338 e. The molecule has 1 N–H and O–H groups in total. The molecule has 2 aliphatic rings. The number of likely N-dealkylation sites (tertiary alicyclic amines) is 1.